The Kier molecular flexibility index (Phi) is 7.86. The van der Waals surface area contributed by atoms with E-state index in [9.17, 15) is 14.7 Å². The topological polar surface area (TPSA) is 82.1 Å². The van der Waals surface area contributed by atoms with E-state index in [-0.39, 0.29) is 24.2 Å². The van der Waals surface area contributed by atoms with Crippen molar-refractivity contribution in [3.63, 3.8) is 0 Å². The van der Waals surface area contributed by atoms with Gasteiger partial charge in [0, 0.05) is 22.8 Å². The van der Waals surface area contributed by atoms with E-state index in [2.05, 4.69) is 0 Å². The maximum atomic E-state index is 13.6. The number of benzene rings is 1. The molecule has 0 saturated heterocycles. The fraction of sp³-hybridized carbons (Fsp3) is 0.481. The summed E-state index contributed by atoms with van der Waals surface area (Å²) < 4.78 is 16.3. The number of cyclic esters (lactones) is 1. The van der Waals surface area contributed by atoms with Gasteiger partial charge in [-0.15, -0.1) is 11.3 Å². The average Bonchev–Trinajstić information content (AvgIpc) is 3.57. The maximum absolute atomic E-state index is 13.6. The Labute approximate surface area is 204 Å². The van der Waals surface area contributed by atoms with Crippen LogP contribution in [0.25, 0.3) is 0 Å². The molecule has 0 spiro atoms. The fourth-order valence-corrected chi connectivity index (χ4v) is 5.90. The highest BCUT2D eigenvalue weighted by Crippen LogP contribution is 2.51. The lowest BCUT2D eigenvalue weighted by atomic mass is 9.80. The SMILES string of the molecule is CCCC1(CCc2ccccc2)OC(=O)C(C(c2ccc(COCOC)s2)C2CC2)=C(O)C1=O. The number of esters is 1. The van der Waals surface area contributed by atoms with Gasteiger partial charge in [-0.25, -0.2) is 4.79 Å². The number of carbonyl (C=O) groups is 2. The summed E-state index contributed by atoms with van der Waals surface area (Å²) in [6.45, 7) is 2.56. The third-order valence-corrected chi connectivity index (χ3v) is 7.69. The van der Waals surface area contributed by atoms with Crippen molar-refractivity contribution in [1.29, 1.82) is 0 Å². The minimum atomic E-state index is -1.32. The molecule has 1 aromatic heterocycles. The van der Waals surface area contributed by atoms with Gasteiger partial charge in [0.1, 0.15) is 6.79 Å². The van der Waals surface area contributed by atoms with E-state index in [1.165, 1.54) is 11.3 Å². The van der Waals surface area contributed by atoms with E-state index < -0.39 is 23.1 Å². The van der Waals surface area contributed by atoms with Gasteiger partial charge >= 0.3 is 5.97 Å². The number of hydrogen-bond acceptors (Lipinski definition) is 7. The molecule has 2 unspecified atom stereocenters. The first-order chi connectivity index (χ1) is 16.5. The van der Waals surface area contributed by atoms with Gasteiger partial charge in [-0.2, -0.15) is 0 Å². The Morgan fingerprint density at radius 3 is 2.59 bits per heavy atom. The van der Waals surface area contributed by atoms with E-state index in [0.717, 1.165) is 28.2 Å². The number of ketones is 1. The summed E-state index contributed by atoms with van der Waals surface area (Å²) in [6, 6.07) is 13.7. The number of aliphatic hydroxyl groups is 1. The maximum Gasteiger partial charge on any atom is 0.339 e. The van der Waals surface area contributed by atoms with E-state index >= 15 is 0 Å². The molecule has 1 aliphatic heterocycles. The van der Waals surface area contributed by atoms with Crippen LogP contribution in [0.3, 0.4) is 0 Å². The van der Waals surface area contributed by atoms with E-state index in [0.29, 0.717) is 32.3 Å². The van der Waals surface area contributed by atoms with Crippen LogP contribution in [0.1, 0.15) is 60.3 Å². The second-order valence-electron chi connectivity index (χ2n) is 9.08. The molecule has 1 fully saturated rings. The zero-order chi connectivity index (χ0) is 24.1. The van der Waals surface area contributed by atoms with Gasteiger partial charge in [-0.1, -0.05) is 43.7 Å². The first-order valence-electron chi connectivity index (χ1n) is 11.9. The number of ether oxygens (including phenoxy) is 3. The zero-order valence-electron chi connectivity index (χ0n) is 19.7. The molecule has 0 amide bonds. The highest BCUT2D eigenvalue weighted by Gasteiger charge is 2.52. The van der Waals surface area contributed by atoms with E-state index in [4.69, 9.17) is 14.2 Å². The Morgan fingerprint density at radius 1 is 1.15 bits per heavy atom. The second kappa shape index (κ2) is 10.8. The van der Waals surface area contributed by atoms with Crippen LogP contribution < -0.4 is 0 Å². The molecule has 2 heterocycles. The van der Waals surface area contributed by atoms with Crippen LogP contribution in [0.15, 0.2) is 53.8 Å². The van der Waals surface area contributed by atoms with Crippen LogP contribution >= 0.6 is 11.3 Å². The fourth-order valence-electron chi connectivity index (χ4n) is 4.74. The smallest absolute Gasteiger partial charge is 0.339 e. The lowest BCUT2D eigenvalue weighted by molar-refractivity contribution is -0.169. The first kappa shape index (κ1) is 24.6. The largest absolute Gasteiger partial charge is 0.504 e. The highest BCUT2D eigenvalue weighted by molar-refractivity contribution is 7.12. The molecule has 0 bridgehead atoms. The predicted molar refractivity (Wildman–Crippen MR) is 130 cm³/mol. The molecule has 0 radical (unpaired) electrons. The van der Waals surface area contributed by atoms with Crippen LogP contribution in [-0.2, 0) is 36.8 Å². The Bertz CT molecular complexity index is 1040. The molecule has 2 aromatic rings. The quantitative estimate of drug-likeness (QED) is 0.244. The molecule has 1 aliphatic carbocycles. The minimum absolute atomic E-state index is 0.116. The molecule has 1 saturated carbocycles. The monoisotopic (exact) mass is 484 g/mol. The molecule has 6 nitrogen and oxygen atoms in total. The first-order valence-corrected chi connectivity index (χ1v) is 12.7. The van der Waals surface area contributed by atoms with Crippen molar-refractivity contribution in [3.8, 4) is 0 Å². The summed E-state index contributed by atoms with van der Waals surface area (Å²) >= 11 is 1.53. The lowest BCUT2D eigenvalue weighted by Gasteiger charge is -2.37. The molecule has 7 heteroatoms. The summed E-state index contributed by atoms with van der Waals surface area (Å²) in [4.78, 5) is 28.9. The molecule has 4 rings (SSSR count). The number of Topliss-reactive ketones (excluding diaryl/α,β-unsaturated/α-hetero) is 1. The van der Waals surface area contributed by atoms with Crippen LogP contribution in [0.5, 0.6) is 0 Å². The number of methoxy groups -OCH3 is 1. The third-order valence-electron chi connectivity index (χ3n) is 6.55. The number of rotatable bonds is 12. The van der Waals surface area contributed by atoms with Gasteiger partial charge in [0.2, 0.25) is 5.78 Å². The number of aryl methyl sites for hydroxylation is 1. The molecule has 1 N–H and O–H groups in total. The summed E-state index contributed by atoms with van der Waals surface area (Å²) in [7, 11) is 1.57. The van der Waals surface area contributed by atoms with Gasteiger partial charge in [-0.3, -0.25) is 4.79 Å². The minimum Gasteiger partial charge on any atom is -0.504 e. The Morgan fingerprint density at radius 2 is 1.91 bits per heavy atom. The number of hydrogen-bond donors (Lipinski definition) is 1. The van der Waals surface area contributed by atoms with Gasteiger partial charge in [0.05, 0.1) is 12.2 Å². The van der Waals surface area contributed by atoms with Crippen molar-refractivity contribution in [2.75, 3.05) is 13.9 Å². The van der Waals surface area contributed by atoms with Gasteiger partial charge < -0.3 is 19.3 Å². The molecule has 2 aliphatic rings. The van der Waals surface area contributed by atoms with Crippen LogP contribution in [-0.4, -0.2) is 36.4 Å². The van der Waals surface area contributed by atoms with Crippen molar-refractivity contribution >= 4 is 23.1 Å². The standard InChI is InChI=1S/C27H32O6S/c1-3-14-27(15-13-18-7-5-4-6-8-18)25(29)24(28)23(26(30)33-27)22(19-9-10-19)21-12-11-20(34-21)16-32-17-31-2/h4-8,11-12,19,22,28H,3,9-10,13-17H2,1-2H3. The van der Waals surface area contributed by atoms with Crippen molar-refractivity contribution in [3.05, 3.63) is 69.1 Å². The van der Waals surface area contributed by atoms with Crippen LogP contribution in [0.2, 0.25) is 0 Å². The molecule has 1 aromatic carbocycles. The predicted octanol–water partition coefficient (Wildman–Crippen LogP) is 5.47. The highest BCUT2D eigenvalue weighted by atomic mass is 32.1. The van der Waals surface area contributed by atoms with Gasteiger partial charge in [0.25, 0.3) is 0 Å². The Balaban J connectivity index is 1.61. The molecular weight excluding hydrogens is 452 g/mol. The zero-order valence-corrected chi connectivity index (χ0v) is 20.6. The average molecular weight is 485 g/mol. The summed E-state index contributed by atoms with van der Waals surface area (Å²) in [5, 5.41) is 11.1. The lowest BCUT2D eigenvalue weighted by Crippen LogP contribution is -2.49. The van der Waals surface area contributed by atoms with Crippen molar-refractivity contribution in [2.45, 2.75) is 63.6 Å². The van der Waals surface area contributed by atoms with E-state index in [1.54, 1.807) is 7.11 Å². The van der Waals surface area contributed by atoms with Crippen molar-refractivity contribution < 1.29 is 28.9 Å². The van der Waals surface area contributed by atoms with Crippen molar-refractivity contribution in [1.82, 2.24) is 0 Å². The number of aliphatic hydroxyl groups excluding tert-OH is 1. The van der Waals surface area contributed by atoms with E-state index in [1.807, 2.05) is 49.4 Å². The normalized spacial score (nSPS) is 21.6. The van der Waals surface area contributed by atoms with Crippen LogP contribution in [0.4, 0.5) is 0 Å². The molecule has 34 heavy (non-hydrogen) atoms. The second-order valence-corrected chi connectivity index (χ2v) is 10.3. The third kappa shape index (κ3) is 5.27. The summed E-state index contributed by atoms with van der Waals surface area (Å²) in [6.07, 6.45) is 3.88. The molecular formula is C27H32O6S. The number of carbonyl (C=O) groups excluding carboxylic acids is 2. The number of thiophene rings is 1. The molecule has 2 atom stereocenters. The van der Waals surface area contributed by atoms with Gasteiger partial charge in [-0.05, 0) is 55.7 Å². The Hall–Kier alpha value is -2.48. The van der Waals surface area contributed by atoms with Crippen molar-refractivity contribution in [2.24, 2.45) is 5.92 Å². The van der Waals surface area contributed by atoms with Gasteiger partial charge in [0.15, 0.2) is 11.4 Å². The summed E-state index contributed by atoms with van der Waals surface area (Å²) in [5.41, 5.74) is -0.142. The molecule has 182 valence electrons. The van der Waals surface area contributed by atoms with Crippen LogP contribution in [0, 0.1) is 5.92 Å². The summed E-state index contributed by atoms with van der Waals surface area (Å²) in [5.74, 6) is -1.58.